The van der Waals surface area contributed by atoms with Crippen LogP contribution in [0.2, 0.25) is 0 Å². The topological polar surface area (TPSA) is 77.7 Å². The molecule has 0 aromatic heterocycles. The van der Waals surface area contributed by atoms with E-state index in [1.165, 1.54) is 23.0 Å². The third kappa shape index (κ3) is 6.16. The highest BCUT2D eigenvalue weighted by Gasteiger charge is 2.44. The van der Waals surface area contributed by atoms with E-state index in [-0.39, 0.29) is 16.1 Å². The lowest BCUT2D eigenvalue weighted by Crippen LogP contribution is -2.27. The predicted molar refractivity (Wildman–Crippen MR) is 167 cm³/mol. The quantitative estimate of drug-likeness (QED) is 0.132. The lowest BCUT2D eigenvalue weighted by molar-refractivity contribution is -0.433. The summed E-state index contributed by atoms with van der Waals surface area (Å²) in [5, 5.41) is 0. The van der Waals surface area contributed by atoms with E-state index in [4.69, 9.17) is 0 Å². The van der Waals surface area contributed by atoms with Crippen molar-refractivity contribution < 1.29 is 22.3 Å². The summed E-state index contributed by atoms with van der Waals surface area (Å²) >= 11 is 0. The zero-order valence-corrected chi connectivity index (χ0v) is 26.0. The lowest BCUT2D eigenvalue weighted by Gasteiger charge is -2.27. The van der Waals surface area contributed by atoms with Crippen LogP contribution in [0.3, 0.4) is 0 Å². The Hall–Kier alpha value is -3.29. The standard InChI is InChI=1S/C34H42N2O4S/c1-7-35-30-22-21-26(41(38,39)40)24-28(30)34(5,6)31(35)19-11-8-12-20-32-33(3,4)27-17-13-14-18-29(27)36(32)23-15-9-10-16-25(2)37/h8,11-14,17-22,24H,7,9-10,15-16,23H2,1-6H3/p+1. The number of benzene rings is 2. The van der Waals surface area contributed by atoms with Crippen molar-refractivity contribution >= 4 is 33.0 Å². The molecule has 0 radical (unpaired) electrons. The molecule has 0 aliphatic carbocycles. The summed E-state index contributed by atoms with van der Waals surface area (Å²) in [5.74, 6) is 0.254. The molecule has 41 heavy (non-hydrogen) atoms. The Kier molecular flexibility index (Phi) is 8.90. The Morgan fingerprint density at radius 2 is 1.68 bits per heavy atom. The van der Waals surface area contributed by atoms with Crippen LogP contribution in [-0.2, 0) is 25.7 Å². The van der Waals surface area contributed by atoms with Gasteiger partial charge in [-0.3, -0.25) is 4.55 Å². The van der Waals surface area contributed by atoms with Crippen LogP contribution in [0.1, 0.15) is 78.4 Å². The summed E-state index contributed by atoms with van der Waals surface area (Å²) in [4.78, 5) is 13.7. The number of nitrogens with zero attached hydrogens (tertiary/aromatic N) is 2. The number of anilines is 1. The van der Waals surface area contributed by atoms with Crippen molar-refractivity contribution in [2.75, 3.05) is 18.0 Å². The van der Waals surface area contributed by atoms with Crippen LogP contribution in [0.25, 0.3) is 0 Å². The molecule has 0 unspecified atom stereocenters. The lowest BCUT2D eigenvalue weighted by atomic mass is 9.81. The van der Waals surface area contributed by atoms with Gasteiger partial charge in [0.05, 0.1) is 10.3 Å². The zero-order chi connectivity index (χ0) is 30.0. The van der Waals surface area contributed by atoms with Gasteiger partial charge < -0.3 is 9.69 Å². The molecule has 2 aromatic rings. The van der Waals surface area contributed by atoms with E-state index in [9.17, 15) is 17.8 Å². The second-order valence-corrected chi connectivity index (χ2v) is 13.4. The highest BCUT2D eigenvalue weighted by molar-refractivity contribution is 7.85. The molecule has 6 nitrogen and oxygen atoms in total. The molecule has 2 heterocycles. The summed E-state index contributed by atoms with van der Waals surface area (Å²) in [7, 11) is -4.28. The first-order chi connectivity index (χ1) is 19.3. The minimum absolute atomic E-state index is 0.0827. The fraction of sp³-hybridized carbons (Fsp3) is 0.412. The van der Waals surface area contributed by atoms with Gasteiger partial charge in [0.1, 0.15) is 12.3 Å². The smallest absolute Gasteiger partial charge is 0.294 e. The van der Waals surface area contributed by atoms with E-state index in [1.807, 2.05) is 12.2 Å². The molecule has 2 aromatic carbocycles. The highest BCUT2D eigenvalue weighted by Crippen LogP contribution is 2.47. The number of unbranched alkanes of at least 4 members (excludes halogenated alkanes) is 2. The third-order valence-corrected chi connectivity index (χ3v) is 9.27. The number of fused-ring (bicyclic) bond motifs is 2. The van der Waals surface area contributed by atoms with Gasteiger partial charge in [-0.2, -0.15) is 13.0 Å². The first kappa shape index (κ1) is 30.7. The van der Waals surface area contributed by atoms with Gasteiger partial charge in [-0.15, -0.1) is 0 Å². The number of rotatable bonds is 11. The summed E-state index contributed by atoms with van der Waals surface area (Å²) in [6, 6.07) is 13.4. The fourth-order valence-electron chi connectivity index (χ4n) is 6.22. The Bertz CT molecular complexity index is 1560. The van der Waals surface area contributed by atoms with Gasteiger partial charge in [-0.05, 0) is 70.4 Å². The van der Waals surface area contributed by atoms with Crippen molar-refractivity contribution in [2.45, 2.75) is 83.0 Å². The molecule has 0 saturated carbocycles. The van der Waals surface area contributed by atoms with Crippen molar-refractivity contribution in [2.24, 2.45) is 0 Å². The largest absolute Gasteiger partial charge is 0.344 e. The van der Waals surface area contributed by atoms with E-state index < -0.39 is 15.5 Å². The molecule has 1 N–H and O–H groups in total. The van der Waals surface area contributed by atoms with Crippen molar-refractivity contribution in [3.63, 3.8) is 0 Å². The minimum Gasteiger partial charge on any atom is -0.344 e. The first-order valence-corrected chi connectivity index (χ1v) is 15.9. The Labute approximate surface area is 245 Å². The van der Waals surface area contributed by atoms with Crippen LogP contribution in [0, 0.1) is 0 Å². The Morgan fingerprint density at radius 3 is 2.37 bits per heavy atom. The molecule has 0 amide bonds. The molecular weight excluding hydrogens is 532 g/mol. The number of carbonyl (C=O) groups excluding carboxylic acids is 1. The maximum atomic E-state index is 11.8. The van der Waals surface area contributed by atoms with Gasteiger partial charge in [0.2, 0.25) is 5.69 Å². The predicted octanol–water partition coefficient (Wildman–Crippen LogP) is 7.27. The normalized spacial score (nSPS) is 18.6. The molecule has 218 valence electrons. The number of hydrogen-bond donors (Lipinski definition) is 1. The van der Waals surface area contributed by atoms with E-state index in [2.05, 4.69) is 86.6 Å². The average molecular weight is 576 g/mol. The van der Waals surface area contributed by atoms with Gasteiger partial charge in [-0.1, -0.05) is 56.7 Å². The van der Waals surface area contributed by atoms with Gasteiger partial charge >= 0.3 is 0 Å². The minimum atomic E-state index is -4.28. The van der Waals surface area contributed by atoms with Crippen LogP contribution in [0.5, 0.6) is 0 Å². The average Bonchev–Trinajstić information content (AvgIpc) is 3.26. The highest BCUT2D eigenvalue weighted by atomic mass is 32.2. The number of carbonyl (C=O) groups is 1. The monoisotopic (exact) mass is 575 g/mol. The molecule has 0 atom stereocenters. The third-order valence-electron chi connectivity index (χ3n) is 8.42. The molecule has 0 fully saturated rings. The number of Topliss-reactive ketones (excluding diaryl/α,β-unsaturated/α-hetero) is 1. The first-order valence-electron chi connectivity index (χ1n) is 14.5. The van der Waals surface area contributed by atoms with E-state index in [0.717, 1.165) is 49.3 Å². The summed E-state index contributed by atoms with van der Waals surface area (Å²) < 4.78 is 35.3. The van der Waals surface area contributed by atoms with Crippen molar-refractivity contribution in [1.29, 1.82) is 0 Å². The maximum Gasteiger partial charge on any atom is 0.294 e. The van der Waals surface area contributed by atoms with E-state index in [0.29, 0.717) is 6.42 Å². The molecule has 4 rings (SSSR count). The van der Waals surface area contributed by atoms with Crippen LogP contribution in [0.4, 0.5) is 11.4 Å². The molecule has 0 bridgehead atoms. The summed E-state index contributed by atoms with van der Waals surface area (Å²) in [5.41, 5.74) is 6.18. The summed E-state index contributed by atoms with van der Waals surface area (Å²) in [6.45, 7) is 14.1. The van der Waals surface area contributed by atoms with E-state index in [1.54, 1.807) is 19.1 Å². The zero-order valence-electron chi connectivity index (χ0n) is 25.1. The van der Waals surface area contributed by atoms with Crippen molar-refractivity contribution in [3.8, 4) is 0 Å². The molecule has 0 spiro atoms. The summed E-state index contributed by atoms with van der Waals surface area (Å²) in [6.07, 6.45) is 14.1. The van der Waals surface area contributed by atoms with Crippen LogP contribution < -0.4 is 4.90 Å². The van der Waals surface area contributed by atoms with Crippen LogP contribution in [-0.4, -0.2) is 42.1 Å². The van der Waals surface area contributed by atoms with Gasteiger partial charge in [0.25, 0.3) is 10.1 Å². The van der Waals surface area contributed by atoms with Crippen LogP contribution in [0.15, 0.2) is 83.4 Å². The molecule has 0 saturated heterocycles. The number of ketones is 1. The van der Waals surface area contributed by atoms with Gasteiger partial charge in [0.15, 0.2) is 5.71 Å². The SMILES string of the molecule is CC[N+]1=C(/C=C/C=C/C=C2/N(CCCCCC(C)=O)c3ccccc3C2(C)C)C(C)(C)c2cc(S(=O)(=O)O)ccc21. The van der Waals surface area contributed by atoms with Crippen LogP contribution >= 0.6 is 0 Å². The van der Waals surface area contributed by atoms with Crippen molar-refractivity contribution in [3.05, 3.63) is 89.7 Å². The fourth-order valence-corrected chi connectivity index (χ4v) is 6.72. The molecular formula is C34H43N2O4S+. The Balaban J connectivity index is 1.57. The van der Waals surface area contributed by atoms with E-state index >= 15 is 0 Å². The number of para-hydroxylation sites is 1. The molecule has 7 heteroatoms. The molecule has 2 aliphatic heterocycles. The maximum absolute atomic E-state index is 11.8. The van der Waals surface area contributed by atoms with Gasteiger partial charge in [-0.25, -0.2) is 0 Å². The molecule has 2 aliphatic rings. The number of hydrogen-bond acceptors (Lipinski definition) is 4. The Morgan fingerprint density at radius 1 is 0.951 bits per heavy atom. The van der Waals surface area contributed by atoms with Crippen molar-refractivity contribution in [1.82, 2.24) is 0 Å². The number of allylic oxidation sites excluding steroid dienone is 6. The van der Waals surface area contributed by atoms with Gasteiger partial charge in [0, 0.05) is 47.5 Å². The second kappa shape index (κ2) is 11.9. The second-order valence-electron chi connectivity index (χ2n) is 12.0.